The Hall–Kier alpha value is -1.75. The molecule has 0 fully saturated rings. The van der Waals surface area contributed by atoms with Crippen LogP contribution in [0.25, 0.3) is 0 Å². The van der Waals surface area contributed by atoms with Gasteiger partial charge in [0.2, 0.25) is 0 Å². The standard InChI is InChI=1S/C13H9F2NOS/c1-8(17)10-3-2-6-16-13(10)18-12-5-4-9(14)7-11(12)15/h2-7H,1H3. The van der Waals surface area contributed by atoms with E-state index in [1.165, 1.54) is 25.3 Å². The number of nitrogens with zero attached hydrogens (tertiary/aromatic N) is 1. The van der Waals surface area contributed by atoms with E-state index in [-0.39, 0.29) is 10.7 Å². The maximum absolute atomic E-state index is 13.5. The minimum Gasteiger partial charge on any atom is -0.294 e. The second kappa shape index (κ2) is 5.27. The van der Waals surface area contributed by atoms with E-state index in [9.17, 15) is 13.6 Å². The second-order valence-electron chi connectivity index (χ2n) is 3.59. The Balaban J connectivity index is 2.37. The van der Waals surface area contributed by atoms with Gasteiger partial charge < -0.3 is 0 Å². The first kappa shape index (κ1) is 12.7. The normalized spacial score (nSPS) is 10.4. The van der Waals surface area contributed by atoms with Gasteiger partial charge in [-0.15, -0.1) is 0 Å². The molecule has 2 nitrogen and oxygen atoms in total. The molecule has 0 aliphatic rings. The number of carbonyl (C=O) groups excluding carboxylic acids is 1. The summed E-state index contributed by atoms with van der Waals surface area (Å²) in [5.74, 6) is -1.45. The van der Waals surface area contributed by atoms with Gasteiger partial charge in [0, 0.05) is 22.7 Å². The van der Waals surface area contributed by atoms with Crippen LogP contribution in [-0.4, -0.2) is 10.8 Å². The highest BCUT2D eigenvalue weighted by molar-refractivity contribution is 7.99. The van der Waals surface area contributed by atoms with Crippen LogP contribution >= 0.6 is 11.8 Å². The summed E-state index contributed by atoms with van der Waals surface area (Å²) < 4.78 is 26.3. The number of rotatable bonds is 3. The molecule has 0 spiro atoms. The van der Waals surface area contributed by atoms with Crippen molar-refractivity contribution >= 4 is 17.5 Å². The molecule has 0 bridgehead atoms. The van der Waals surface area contributed by atoms with Gasteiger partial charge in [0.25, 0.3) is 0 Å². The number of hydrogen-bond acceptors (Lipinski definition) is 3. The van der Waals surface area contributed by atoms with Crippen molar-refractivity contribution in [1.29, 1.82) is 0 Å². The number of aromatic nitrogens is 1. The van der Waals surface area contributed by atoms with Crippen LogP contribution in [0.5, 0.6) is 0 Å². The molecule has 1 heterocycles. The van der Waals surface area contributed by atoms with Crippen molar-refractivity contribution in [1.82, 2.24) is 4.98 Å². The summed E-state index contributed by atoms with van der Waals surface area (Å²) in [6, 6.07) is 6.56. The van der Waals surface area contributed by atoms with E-state index in [1.54, 1.807) is 12.1 Å². The van der Waals surface area contributed by atoms with Crippen LogP contribution in [0.4, 0.5) is 8.78 Å². The lowest BCUT2D eigenvalue weighted by Crippen LogP contribution is -1.97. The predicted molar refractivity (Wildman–Crippen MR) is 64.7 cm³/mol. The molecular weight excluding hydrogens is 256 g/mol. The molecule has 0 saturated carbocycles. The first-order chi connectivity index (χ1) is 8.58. The SMILES string of the molecule is CC(=O)c1cccnc1Sc1ccc(F)cc1F. The Morgan fingerprint density at radius 1 is 1.28 bits per heavy atom. The number of halogens is 2. The first-order valence-electron chi connectivity index (χ1n) is 5.17. The largest absolute Gasteiger partial charge is 0.294 e. The van der Waals surface area contributed by atoms with Crippen LogP contribution in [0, 0.1) is 11.6 Å². The molecule has 2 rings (SSSR count). The maximum atomic E-state index is 13.5. The van der Waals surface area contributed by atoms with E-state index in [2.05, 4.69) is 4.98 Å². The molecule has 0 saturated heterocycles. The van der Waals surface area contributed by atoms with Gasteiger partial charge in [0.15, 0.2) is 5.78 Å². The Bertz CT molecular complexity index is 601. The predicted octanol–water partition coefficient (Wildman–Crippen LogP) is 3.71. The third kappa shape index (κ3) is 2.73. The maximum Gasteiger partial charge on any atom is 0.162 e. The number of ketones is 1. The Morgan fingerprint density at radius 2 is 2.06 bits per heavy atom. The molecule has 1 aromatic heterocycles. The summed E-state index contributed by atoms with van der Waals surface area (Å²) in [6.45, 7) is 1.42. The van der Waals surface area contributed by atoms with Gasteiger partial charge in [-0.05, 0) is 31.2 Å². The van der Waals surface area contributed by atoms with E-state index in [1.807, 2.05) is 0 Å². The second-order valence-corrected chi connectivity index (χ2v) is 4.62. The number of Topliss-reactive ketones (excluding diaryl/α,β-unsaturated/α-hetero) is 1. The lowest BCUT2D eigenvalue weighted by atomic mass is 10.2. The van der Waals surface area contributed by atoms with E-state index < -0.39 is 11.6 Å². The topological polar surface area (TPSA) is 30.0 Å². The molecule has 0 atom stereocenters. The van der Waals surface area contributed by atoms with Crippen molar-refractivity contribution in [2.24, 2.45) is 0 Å². The minimum absolute atomic E-state index is 0.145. The van der Waals surface area contributed by atoms with Crippen LogP contribution in [0.15, 0.2) is 46.5 Å². The molecule has 92 valence electrons. The van der Waals surface area contributed by atoms with Gasteiger partial charge in [-0.2, -0.15) is 0 Å². The summed E-state index contributed by atoms with van der Waals surface area (Å²) in [5.41, 5.74) is 0.422. The third-order valence-corrected chi connectivity index (χ3v) is 3.32. The summed E-state index contributed by atoms with van der Waals surface area (Å²) in [7, 11) is 0. The fourth-order valence-electron chi connectivity index (χ4n) is 1.40. The van der Waals surface area contributed by atoms with E-state index in [0.717, 1.165) is 17.8 Å². The van der Waals surface area contributed by atoms with Crippen molar-refractivity contribution < 1.29 is 13.6 Å². The zero-order valence-corrected chi connectivity index (χ0v) is 10.3. The van der Waals surface area contributed by atoms with E-state index in [4.69, 9.17) is 0 Å². The number of pyridine rings is 1. The van der Waals surface area contributed by atoms with Crippen LogP contribution in [0.2, 0.25) is 0 Å². The highest BCUT2D eigenvalue weighted by Crippen LogP contribution is 2.30. The summed E-state index contributed by atoms with van der Waals surface area (Å²) >= 11 is 1.00. The molecule has 5 heteroatoms. The van der Waals surface area contributed by atoms with Gasteiger partial charge in [-0.1, -0.05) is 11.8 Å². The first-order valence-corrected chi connectivity index (χ1v) is 5.98. The smallest absolute Gasteiger partial charge is 0.162 e. The highest BCUT2D eigenvalue weighted by atomic mass is 32.2. The van der Waals surface area contributed by atoms with Crippen molar-refractivity contribution in [2.45, 2.75) is 16.8 Å². The number of carbonyl (C=O) groups is 1. The van der Waals surface area contributed by atoms with Crippen molar-refractivity contribution in [3.05, 3.63) is 53.7 Å². The average Bonchev–Trinajstić information content (AvgIpc) is 2.33. The average molecular weight is 265 g/mol. The van der Waals surface area contributed by atoms with Gasteiger partial charge in [-0.3, -0.25) is 4.79 Å². The van der Waals surface area contributed by atoms with Crippen LogP contribution < -0.4 is 0 Å². The van der Waals surface area contributed by atoms with E-state index >= 15 is 0 Å². The number of hydrogen-bond donors (Lipinski definition) is 0. The molecule has 2 aromatic rings. The molecule has 0 aliphatic carbocycles. The minimum atomic E-state index is -0.667. The Labute approximate surface area is 107 Å². The van der Waals surface area contributed by atoms with Crippen molar-refractivity contribution in [3.8, 4) is 0 Å². The third-order valence-electron chi connectivity index (χ3n) is 2.25. The highest BCUT2D eigenvalue weighted by Gasteiger charge is 2.12. The fraction of sp³-hybridized carbons (Fsp3) is 0.0769. The van der Waals surface area contributed by atoms with E-state index in [0.29, 0.717) is 10.6 Å². The van der Waals surface area contributed by atoms with Crippen LogP contribution in [-0.2, 0) is 0 Å². The van der Waals surface area contributed by atoms with Gasteiger partial charge >= 0.3 is 0 Å². The number of benzene rings is 1. The zero-order chi connectivity index (χ0) is 13.1. The molecule has 0 amide bonds. The summed E-state index contributed by atoms with van der Waals surface area (Å²) in [6.07, 6.45) is 1.52. The molecule has 0 unspecified atom stereocenters. The van der Waals surface area contributed by atoms with Gasteiger partial charge in [0.1, 0.15) is 16.7 Å². The molecule has 1 aromatic carbocycles. The Morgan fingerprint density at radius 3 is 2.72 bits per heavy atom. The van der Waals surface area contributed by atoms with Crippen LogP contribution in [0.3, 0.4) is 0 Å². The molecule has 0 aliphatic heterocycles. The Kier molecular flexibility index (Phi) is 3.72. The lowest BCUT2D eigenvalue weighted by molar-refractivity contribution is 0.101. The van der Waals surface area contributed by atoms with Crippen molar-refractivity contribution in [2.75, 3.05) is 0 Å². The summed E-state index contributed by atoms with van der Waals surface area (Å²) in [5, 5.41) is 0.413. The molecular formula is C13H9F2NOS. The quantitative estimate of drug-likeness (QED) is 0.792. The van der Waals surface area contributed by atoms with Gasteiger partial charge in [-0.25, -0.2) is 13.8 Å². The fourth-order valence-corrected chi connectivity index (χ4v) is 2.34. The molecule has 0 N–H and O–H groups in total. The van der Waals surface area contributed by atoms with Gasteiger partial charge in [0.05, 0.1) is 0 Å². The lowest BCUT2D eigenvalue weighted by Gasteiger charge is -2.06. The monoisotopic (exact) mass is 265 g/mol. The van der Waals surface area contributed by atoms with Crippen molar-refractivity contribution in [3.63, 3.8) is 0 Å². The molecule has 18 heavy (non-hydrogen) atoms. The molecule has 0 radical (unpaired) electrons. The van der Waals surface area contributed by atoms with Crippen LogP contribution in [0.1, 0.15) is 17.3 Å². The zero-order valence-electron chi connectivity index (χ0n) is 9.48. The summed E-state index contributed by atoms with van der Waals surface area (Å²) in [4.78, 5) is 15.7.